The lowest BCUT2D eigenvalue weighted by molar-refractivity contribution is -0.384. The summed E-state index contributed by atoms with van der Waals surface area (Å²) in [5.41, 5.74) is 1.13. The van der Waals surface area contributed by atoms with Gasteiger partial charge in [0, 0.05) is 23.7 Å². The van der Waals surface area contributed by atoms with Gasteiger partial charge in [0.25, 0.3) is 5.69 Å². The Labute approximate surface area is 204 Å². The number of nitrogens with zero attached hydrogens (tertiary/aromatic N) is 4. The molecule has 5 aromatic rings. The van der Waals surface area contributed by atoms with Crippen molar-refractivity contribution in [1.82, 2.24) is 15.0 Å². The van der Waals surface area contributed by atoms with Crippen LogP contribution in [-0.2, 0) is 10.0 Å². The number of nitrogens with one attached hydrogen (secondary N) is 1. The number of anilines is 2. The highest BCUT2D eigenvalue weighted by atomic mass is 32.2. The van der Waals surface area contributed by atoms with Crippen LogP contribution in [0.4, 0.5) is 17.2 Å². The molecule has 2 heterocycles. The van der Waals surface area contributed by atoms with Crippen LogP contribution in [0.3, 0.4) is 0 Å². The van der Waals surface area contributed by atoms with Gasteiger partial charge in [0.1, 0.15) is 17.0 Å². The molecule has 0 saturated heterocycles. The number of methoxy groups -OCH3 is 1. The molecule has 0 spiro atoms. The van der Waals surface area contributed by atoms with Crippen LogP contribution in [0.2, 0.25) is 0 Å². The molecule has 0 aliphatic heterocycles. The number of hydrogen-bond acceptors (Lipinski definition) is 9. The van der Waals surface area contributed by atoms with Crippen LogP contribution in [0.25, 0.3) is 33.2 Å². The first-order valence-electron chi connectivity index (χ1n) is 10.5. The number of sulfonamides is 1. The lowest BCUT2D eigenvalue weighted by Crippen LogP contribution is -2.15. The van der Waals surface area contributed by atoms with Gasteiger partial charge in [-0.15, -0.1) is 0 Å². The standard InChI is InChI=1S/C24H18N6O5S/c1-35-15-12-14-6-5-11-26-22(14)18(13-15)29-24-23(27-16-7-2-3-8-17(16)28-24)21-19(30(31)32)9-4-10-20(21)36(25,33)34/h2-13H,1H3,(H,28,29)(H2,25,33,34). The van der Waals surface area contributed by atoms with Crippen molar-refractivity contribution in [2.45, 2.75) is 4.90 Å². The minimum absolute atomic E-state index is 0.0584. The van der Waals surface area contributed by atoms with E-state index in [4.69, 9.17) is 9.88 Å². The second-order valence-corrected chi connectivity index (χ2v) is 9.27. The van der Waals surface area contributed by atoms with E-state index in [9.17, 15) is 18.5 Å². The van der Waals surface area contributed by atoms with Gasteiger partial charge in [-0.25, -0.2) is 23.5 Å². The van der Waals surface area contributed by atoms with Crippen LogP contribution in [0.15, 0.2) is 77.8 Å². The smallest absolute Gasteiger partial charge is 0.280 e. The van der Waals surface area contributed by atoms with Crippen LogP contribution in [0.1, 0.15) is 0 Å². The molecule has 11 nitrogen and oxygen atoms in total. The number of primary sulfonamides is 1. The largest absolute Gasteiger partial charge is 0.497 e. The van der Waals surface area contributed by atoms with Crippen LogP contribution in [-0.4, -0.2) is 35.4 Å². The molecule has 0 saturated carbocycles. The van der Waals surface area contributed by atoms with Gasteiger partial charge in [0.2, 0.25) is 10.0 Å². The predicted octanol–water partition coefficient (Wildman–Crippen LogP) is 4.15. The van der Waals surface area contributed by atoms with Gasteiger partial charge in [0.05, 0.1) is 39.2 Å². The first-order chi connectivity index (χ1) is 17.3. The number of nitrogens with two attached hydrogens (primary N) is 1. The first kappa shape index (κ1) is 23.1. The third kappa shape index (κ3) is 4.15. The van der Waals surface area contributed by atoms with Crippen LogP contribution in [0.5, 0.6) is 5.75 Å². The third-order valence-corrected chi connectivity index (χ3v) is 6.44. The molecule has 3 aromatic carbocycles. The van der Waals surface area contributed by atoms with E-state index >= 15 is 0 Å². The zero-order valence-corrected chi connectivity index (χ0v) is 19.6. The minimum atomic E-state index is -4.36. The lowest BCUT2D eigenvalue weighted by atomic mass is 10.1. The molecule has 2 aromatic heterocycles. The number of hydrogen-bond donors (Lipinski definition) is 2. The molecule has 5 rings (SSSR count). The Morgan fingerprint density at radius 3 is 2.44 bits per heavy atom. The number of ether oxygens (including phenoxy) is 1. The van der Waals surface area contributed by atoms with Gasteiger partial charge in [0.15, 0.2) is 5.82 Å². The number of rotatable bonds is 6. The second kappa shape index (κ2) is 8.83. The summed E-state index contributed by atoms with van der Waals surface area (Å²) in [6.07, 6.45) is 1.62. The number of fused-ring (bicyclic) bond motifs is 2. The number of aromatic nitrogens is 3. The summed E-state index contributed by atoms with van der Waals surface area (Å²) in [6, 6.07) is 17.6. The summed E-state index contributed by atoms with van der Waals surface area (Å²) in [4.78, 5) is 24.4. The Balaban J connectivity index is 1.85. The molecular formula is C24H18N6O5S. The van der Waals surface area contributed by atoms with Crippen molar-refractivity contribution in [2.24, 2.45) is 5.14 Å². The summed E-state index contributed by atoms with van der Waals surface area (Å²) in [7, 11) is -2.84. The van der Waals surface area contributed by atoms with Crippen molar-refractivity contribution >= 4 is 49.2 Å². The van der Waals surface area contributed by atoms with Gasteiger partial charge >= 0.3 is 0 Å². The van der Waals surface area contributed by atoms with Crippen molar-refractivity contribution in [1.29, 1.82) is 0 Å². The highest BCUT2D eigenvalue weighted by Crippen LogP contribution is 2.40. The predicted molar refractivity (Wildman–Crippen MR) is 135 cm³/mol. The maximum absolute atomic E-state index is 12.5. The number of pyridine rings is 1. The molecule has 0 aliphatic carbocycles. The molecule has 180 valence electrons. The maximum atomic E-state index is 12.5. The molecule has 0 radical (unpaired) electrons. The molecule has 0 fully saturated rings. The van der Waals surface area contributed by atoms with Gasteiger partial charge in [-0.05, 0) is 30.3 Å². The van der Waals surface area contributed by atoms with Crippen molar-refractivity contribution in [2.75, 3.05) is 12.4 Å². The normalized spacial score (nSPS) is 11.5. The topological polar surface area (TPSA) is 163 Å². The van der Waals surface area contributed by atoms with E-state index in [-0.39, 0.29) is 17.1 Å². The van der Waals surface area contributed by atoms with Crippen molar-refractivity contribution < 1.29 is 18.1 Å². The molecule has 3 N–H and O–H groups in total. The molecule has 36 heavy (non-hydrogen) atoms. The van der Waals surface area contributed by atoms with Gasteiger partial charge < -0.3 is 10.1 Å². The van der Waals surface area contributed by atoms with Gasteiger partial charge in [-0.1, -0.05) is 24.3 Å². The van der Waals surface area contributed by atoms with E-state index in [1.54, 1.807) is 42.6 Å². The fraction of sp³-hybridized carbons (Fsp3) is 0.0417. The van der Waals surface area contributed by atoms with Crippen LogP contribution >= 0.6 is 0 Å². The Bertz CT molecular complexity index is 1770. The molecule has 0 atom stereocenters. The number of benzene rings is 3. The molecule has 12 heteroatoms. The van der Waals surface area contributed by atoms with E-state index < -0.39 is 25.5 Å². The second-order valence-electron chi connectivity index (χ2n) is 7.74. The minimum Gasteiger partial charge on any atom is -0.497 e. The van der Waals surface area contributed by atoms with Gasteiger partial charge in [-0.3, -0.25) is 15.1 Å². The molecule has 0 unspecified atom stereocenters. The highest BCUT2D eigenvalue weighted by molar-refractivity contribution is 7.89. The number of nitro benzene ring substituents is 1. The summed E-state index contributed by atoms with van der Waals surface area (Å²) < 4.78 is 30.3. The monoisotopic (exact) mass is 502 g/mol. The van der Waals surface area contributed by atoms with E-state index in [1.807, 2.05) is 12.1 Å². The Kier molecular flexibility index (Phi) is 5.66. The fourth-order valence-corrected chi connectivity index (χ4v) is 4.67. The Morgan fingerprint density at radius 2 is 1.75 bits per heavy atom. The van der Waals surface area contributed by atoms with Crippen molar-refractivity contribution in [3.05, 3.63) is 83.0 Å². The van der Waals surface area contributed by atoms with Crippen molar-refractivity contribution in [3.8, 4) is 17.0 Å². The van der Waals surface area contributed by atoms with Crippen LogP contribution in [0, 0.1) is 10.1 Å². The average Bonchev–Trinajstić information content (AvgIpc) is 2.87. The van der Waals surface area contributed by atoms with E-state index in [2.05, 4.69) is 20.3 Å². The molecule has 0 amide bonds. The number of para-hydroxylation sites is 2. The summed E-state index contributed by atoms with van der Waals surface area (Å²) in [6.45, 7) is 0. The fourth-order valence-electron chi connectivity index (χ4n) is 3.91. The first-order valence-corrected chi connectivity index (χ1v) is 12.1. The average molecular weight is 503 g/mol. The number of nitro groups is 1. The zero-order chi connectivity index (χ0) is 25.4. The Morgan fingerprint density at radius 1 is 1.00 bits per heavy atom. The zero-order valence-electron chi connectivity index (χ0n) is 18.7. The van der Waals surface area contributed by atoms with Crippen LogP contribution < -0.4 is 15.2 Å². The molecular weight excluding hydrogens is 484 g/mol. The maximum Gasteiger partial charge on any atom is 0.280 e. The quantitative estimate of drug-likeness (QED) is 0.256. The molecule has 0 aliphatic rings. The summed E-state index contributed by atoms with van der Waals surface area (Å²) >= 11 is 0. The van der Waals surface area contributed by atoms with E-state index in [0.29, 0.717) is 28.0 Å². The lowest BCUT2D eigenvalue weighted by Gasteiger charge is -2.16. The highest BCUT2D eigenvalue weighted by Gasteiger charge is 2.29. The van der Waals surface area contributed by atoms with Gasteiger partial charge in [-0.2, -0.15) is 0 Å². The molecule has 0 bridgehead atoms. The van der Waals surface area contributed by atoms with Crippen molar-refractivity contribution in [3.63, 3.8) is 0 Å². The summed E-state index contributed by atoms with van der Waals surface area (Å²) in [5, 5.41) is 21.3. The third-order valence-electron chi connectivity index (χ3n) is 5.48. The Hall–Kier alpha value is -4.68. The SMILES string of the molecule is COc1cc(Nc2nc3ccccc3nc2-c2c([N+](=O)[O-])cccc2S(N)(=O)=O)c2ncccc2c1. The summed E-state index contributed by atoms with van der Waals surface area (Å²) in [5.74, 6) is 0.609. The van der Waals surface area contributed by atoms with E-state index in [1.165, 1.54) is 25.3 Å². The van der Waals surface area contributed by atoms with E-state index in [0.717, 1.165) is 5.39 Å².